The minimum atomic E-state index is -1.02. The third-order valence-corrected chi connectivity index (χ3v) is 0.800. The Bertz CT molecular complexity index is 80.4. The van der Waals surface area contributed by atoms with Crippen LogP contribution in [-0.4, -0.2) is 17.7 Å². The van der Waals surface area contributed by atoms with Gasteiger partial charge in [-0.2, -0.15) is 0 Å². The molecule has 3 heteroatoms. The SMILES string of the molecule is CCCCO[CH]C(=O)O. The molecular weight excluding hydrogens is 120 g/mol. The van der Waals surface area contributed by atoms with Gasteiger partial charge in [0.25, 0.3) is 0 Å². The van der Waals surface area contributed by atoms with Crippen LogP contribution in [-0.2, 0) is 9.53 Å². The van der Waals surface area contributed by atoms with Crippen LogP contribution in [0.3, 0.4) is 0 Å². The summed E-state index contributed by atoms with van der Waals surface area (Å²) in [7, 11) is 0. The van der Waals surface area contributed by atoms with Crippen molar-refractivity contribution in [1.29, 1.82) is 0 Å². The third kappa shape index (κ3) is 7.43. The molecule has 0 fully saturated rings. The van der Waals surface area contributed by atoms with E-state index in [2.05, 4.69) is 4.74 Å². The minimum Gasteiger partial charge on any atom is -0.479 e. The van der Waals surface area contributed by atoms with Crippen molar-refractivity contribution in [2.75, 3.05) is 6.61 Å². The van der Waals surface area contributed by atoms with E-state index in [1.54, 1.807) is 0 Å². The van der Waals surface area contributed by atoms with Gasteiger partial charge in [0.05, 0.1) is 0 Å². The molecule has 0 aromatic heterocycles. The molecule has 0 aromatic rings. The molecule has 0 spiro atoms. The first kappa shape index (κ1) is 8.43. The first-order valence-electron chi connectivity index (χ1n) is 2.95. The zero-order chi connectivity index (χ0) is 7.11. The second kappa shape index (κ2) is 5.56. The average molecular weight is 131 g/mol. The standard InChI is InChI=1S/C6H11O3/c1-2-3-4-9-5-6(7)8/h5H,2-4H2,1H3,(H,7,8). The van der Waals surface area contributed by atoms with Crippen LogP contribution < -0.4 is 0 Å². The minimum absolute atomic E-state index is 0.503. The van der Waals surface area contributed by atoms with Crippen LogP contribution in [0.2, 0.25) is 0 Å². The zero-order valence-electron chi connectivity index (χ0n) is 5.46. The van der Waals surface area contributed by atoms with Crippen molar-refractivity contribution < 1.29 is 14.6 Å². The molecule has 0 atom stereocenters. The number of rotatable bonds is 5. The van der Waals surface area contributed by atoms with Gasteiger partial charge in [-0.15, -0.1) is 0 Å². The summed E-state index contributed by atoms with van der Waals surface area (Å²) >= 11 is 0. The van der Waals surface area contributed by atoms with Crippen molar-refractivity contribution in [3.05, 3.63) is 6.61 Å². The molecule has 1 radical (unpaired) electrons. The Morgan fingerprint density at radius 3 is 2.89 bits per heavy atom. The highest BCUT2D eigenvalue weighted by Crippen LogP contribution is 1.89. The Morgan fingerprint density at radius 1 is 1.78 bits per heavy atom. The highest BCUT2D eigenvalue weighted by Gasteiger charge is 1.94. The summed E-state index contributed by atoms with van der Waals surface area (Å²) in [5.74, 6) is -1.02. The van der Waals surface area contributed by atoms with Crippen molar-refractivity contribution >= 4 is 5.97 Å². The summed E-state index contributed by atoms with van der Waals surface area (Å²) in [6.07, 6.45) is 1.93. The molecule has 0 saturated heterocycles. The van der Waals surface area contributed by atoms with E-state index in [1.807, 2.05) is 6.92 Å². The normalized spacial score (nSPS) is 9.44. The molecule has 0 saturated carbocycles. The summed E-state index contributed by atoms with van der Waals surface area (Å²) in [6.45, 7) is 3.34. The molecule has 53 valence electrons. The molecule has 0 rings (SSSR count). The summed E-state index contributed by atoms with van der Waals surface area (Å²) in [6, 6.07) is 0. The molecule has 0 bridgehead atoms. The maximum atomic E-state index is 9.78. The number of hydrogen-bond donors (Lipinski definition) is 1. The van der Waals surface area contributed by atoms with Crippen LogP contribution in [0, 0.1) is 6.61 Å². The predicted molar refractivity (Wildman–Crippen MR) is 32.8 cm³/mol. The van der Waals surface area contributed by atoms with Gasteiger partial charge in [-0.3, -0.25) is 0 Å². The monoisotopic (exact) mass is 131 g/mol. The van der Waals surface area contributed by atoms with Gasteiger partial charge in [0.1, 0.15) is 0 Å². The van der Waals surface area contributed by atoms with E-state index in [0.29, 0.717) is 6.61 Å². The maximum Gasteiger partial charge on any atom is 0.336 e. The van der Waals surface area contributed by atoms with Crippen LogP contribution in [0.1, 0.15) is 19.8 Å². The van der Waals surface area contributed by atoms with E-state index in [9.17, 15) is 4.79 Å². The Kier molecular flexibility index (Phi) is 5.21. The van der Waals surface area contributed by atoms with Crippen molar-refractivity contribution in [3.8, 4) is 0 Å². The summed E-state index contributed by atoms with van der Waals surface area (Å²) < 4.78 is 4.61. The van der Waals surface area contributed by atoms with Gasteiger partial charge in [0.2, 0.25) is 0 Å². The summed E-state index contributed by atoms with van der Waals surface area (Å²) in [5.41, 5.74) is 0. The quantitative estimate of drug-likeness (QED) is 0.567. The number of hydrogen-bond acceptors (Lipinski definition) is 2. The van der Waals surface area contributed by atoms with E-state index in [4.69, 9.17) is 5.11 Å². The molecule has 1 N–H and O–H groups in total. The Morgan fingerprint density at radius 2 is 2.44 bits per heavy atom. The lowest BCUT2D eigenvalue weighted by atomic mass is 10.4. The molecule has 0 aliphatic heterocycles. The number of ether oxygens (including phenoxy) is 1. The van der Waals surface area contributed by atoms with Gasteiger partial charge in [0, 0.05) is 6.61 Å². The summed E-state index contributed by atoms with van der Waals surface area (Å²) in [5, 5.41) is 8.03. The molecular formula is C6H11O3. The number of carboxylic acid groups (broad SMARTS) is 1. The maximum absolute atomic E-state index is 9.78. The van der Waals surface area contributed by atoms with E-state index in [-0.39, 0.29) is 0 Å². The largest absolute Gasteiger partial charge is 0.479 e. The third-order valence-electron chi connectivity index (χ3n) is 0.800. The van der Waals surface area contributed by atoms with E-state index >= 15 is 0 Å². The second-order valence-corrected chi connectivity index (χ2v) is 1.68. The highest BCUT2D eigenvalue weighted by molar-refractivity contribution is 5.74. The van der Waals surface area contributed by atoms with Crippen molar-refractivity contribution in [1.82, 2.24) is 0 Å². The van der Waals surface area contributed by atoms with Crippen molar-refractivity contribution in [2.24, 2.45) is 0 Å². The fourth-order valence-electron chi connectivity index (χ4n) is 0.358. The van der Waals surface area contributed by atoms with Gasteiger partial charge in [-0.05, 0) is 6.42 Å². The molecule has 0 aromatic carbocycles. The van der Waals surface area contributed by atoms with Gasteiger partial charge < -0.3 is 9.84 Å². The van der Waals surface area contributed by atoms with Crippen LogP contribution in [0.4, 0.5) is 0 Å². The average Bonchev–Trinajstić information content (AvgIpc) is 1.80. The molecule has 0 amide bonds. The smallest absolute Gasteiger partial charge is 0.336 e. The van der Waals surface area contributed by atoms with Gasteiger partial charge >= 0.3 is 5.97 Å². The highest BCUT2D eigenvalue weighted by atomic mass is 16.5. The molecule has 9 heavy (non-hydrogen) atoms. The Hall–Kier alpha value is -0.570. The van der Waals surface area contributed by atoms with Crippen LogP contribution in [0.25, 0.3) is 0 Å². The Labute approximate surface area is 54.6 Å². The topological polar surface area (TPSA) is 46.5 Å². The predicted octanol–water partition coefficient (Wildman–Crippen LogP) is 1.05. The number of carboxylic acids is 1. The lowest BCUT2D eigenvalue weighted by Crippen LogP contribution is -2.00. The second-order valence-electron chi connectivity index (χ2n) is 1.68. The van der Waals surface area contributed by atoms with E-state index in [1.165, 1.54) is 0 Å². The fraction of sp³-hybridized carbons (Fsp3) is 0.667. The fourth-order valence-corrected chi connectivity index (χ4v) is 0.358. The molecule has 3 nitrogen and oxygen atoms in total. The van der Waals surface area contributed by atoms with Gasteiger partial charge in [-0.1, -0.05) is 13.3 Å². The van der Waals surface area contributed by atoms with Crippen LogP contribution in [0.15, 0.2) is 0 Å². The van der Waals surface area contributed by atoms with Crippen molar-refractivity contribution in [3.63, 3.8) is 0 Å². The summed E-state index contributed by atoms with van der Waals surface area (Å²) in [4.78, 5) is 9.78. The van der Waals surface area contributed by atoms with Crippen LogP contribution >= 0.6 is 0 Å². The lowest BCUT2D eigenvalue weighted by Gasteiger charge is -1.95. The lowest BCUT2D eigenvalue weighted by molar-refractivity contribution is -0.137. The number of aliphatic carboxylic acids is 1. The van der Waals surface area contributed by atoms with Gasteiger partial charge in [-0.25, -0.2) is 4.79 Å². The van der Waals surface area contributed by atoms with Crippen molar-refractivity contribution in [2.45, 2.75) is 19.8 Å². The number of unbranched alkanes of at least 4 members (excludes halogenated alkanes) is 1. The molecule has 0 aliphatic carbocycles. The molecule has 0 heterocycles. The first-order valence-corrected chi connectivity index (χ1v) is 2.95. The van der Waals surface area contributed by atoms with Crippen LogP contribution in [0.5, 0.6) is 0 Å². The zero-order valence-corrected chi connectivity index (χ0v) is 5.46. The Balaban J connectivity index is 2.83. The first-order chi connectivity index (χ1) is 4.27. The number of carbonyl (C=O) groups is 1. The molecule has 0 unspecified atom stereocenters. The van der Waals surface area contributed by atoms with E-state index < -0.39 is 5.97 Å². The van der Waals surface area contributed by atoms with Gasteiger partial charge in [0.15, 0.2) is 6.61 Å². The van der Waals surface area contributed by atoms with E-state index in [0.717, 1.165) is 19.4 Å². The molecule has 0 aliphatic rings.